The fraction of sp³-hybridized carbons (Fsp3) is 0.100. The first-order valence-corrected chi connectivity index (χ1v) is 4.25. The highest BCUT2D eigenvalue weighted by Crippen LogP contribution is 2.15. The molecule has 0 fully saturated rings. The zero-order valence-electron chi connectivity index (χ0n) is 7.60. The van der Waals surface area contributed by atoms with Crippen LogP contribution in [0.2, 0.25) is 0 Å². The lowest BCUT2D eigenvalue weighted by Gasteiger charge is -1.88. The number of nitrogens with two attached hydrogens (primary N) is 1. The van der Waals surface area contributed by atoms with Gasteiger partial charge in [0, 0.05) is 5.69 Å². The van der Waals surface area contributed by atoms with Gasteiger partial charge in [0.25, 0.3) is 5.91 Å². The van der Waals surface area contributed by atoms with E-state index in [1.807, 2.05) is 0 Å². The summed E-state index contributed by atoms with van der Waals surface area (Å²) in [6.45, 7) is 1.80. The van der Waals surface area contributed by atoms with Crippen LogP contribution in [0.5, 0.6) is 0 Å². The maximum absolute atomic E-state index is 10.8. The molecule has 3 nitrogen and oxygen atoms in total. The molecule has 0 radical (unpaired) electrons. The van der Waals surface area contributed by atoms with Gasteiger partial charge in [-0.15, -0.1) is 6.42 Å². The zero-order chi connectivity index (χ0) is 10.7. The number of aromatic amines is 1. The van der Waals surface area contributed by atoms with Crippen molar-refractivity contribution in [1.82, 2.24) is 4.98 Å². The van der Waals surface area contributed by atoms with E-state index in [0.29, 0.717) is 5.69 Å². The van der Waals surface area contributed by atoms with Crippen molar-refractivity contribution in [2.75, 3.05) is 0 Å². The third kappa shape index (κ3) is 2.18. The van der Waals surface area contributed by atoms with E-state index in [0.717, 1.165) is 11.3 Å². The third-order valence-electron chi connectivity index (χ3n) is 1.74. The number of allylic oxidation sites excluding steroid dienone is 1. The SMILES string of the molecule is C#C/C(Cl)=C\c1cc(C(N)=O)[nH]c1C. The van der Waals surface area contributed by atoms with Crippen LogP contribution in [0.15, 0.2) is 11.1 Å². The van der Waals surface area contributed by atoms with Gasteiger partial charge >= 0.3 is 0 Å². The number of hydrogen-bond donors (Lipinski definition) is 2. The first-order valence-electron chi connectivity index (χ1n) is 3.88. The maximum atomic E-state index is 10.8. The quantitative estimate of drug-likeness (QED) is 0.714. The molecule has 0 aliphatic heterocycles. The number of amides is 1. The van der Waals surface area contributed by atoms with Crippen LogP contribution in [0.1, 0.15) is 21.7 Å². The predicted octanol–water partition coefficient (Wildman–Crippen LogP) is 1.63. The molecule has 1 aromatic rings. The second-order valence-corrected chi connectivity index (χ2v) is 3.17. The normalized spacial score (nSPS) is 11.1. The molecule has 0 aliphatic carbocycles. The van der Waals surface area contributed by atoms with Crippen molar-refractivity contribution in [3.63, 3.8) is 0 Å². The number of rotatable bonds is 2. The fourth-order valence-electron chi connectivity index (χ4n) is 1.03. The van der Waals surface area contributed by atoms with E-state index < -0.39 is 5.91 Å². The van der Waals surface area contributed by atoms with Crippen molar-refractivity contribution in [3.05, 3.63) is 28.0 Å². The van der Waals surface area contributed by atoms with E-state index in [1.165, 1.54) is 0 Å². The van der Waals surface area contributed by atoms with E-state index in [2.05, 4.69) is 10.9 Å². The Morgan fingerprint density at radius 1 is 1.79 bits per heavy atom. The summed E-state index contributed by atoms with van der Waals surface area (Å²) >= 11 is 5.66. The first-order chi connectivity index (χ1) is 6.54. The van der Waals surface area contributed by atoms with E-state index >= 15 is 0 Å². The molecule has 0 aromatic carbocycles. The van der Waals surface area contributed by atoms with Crippen LogP contribution >= 0.6 is 11.6 Å². The van der Waals surface area contributed by atoms with Gasteiger partial charge in [-0.05, 0) is 24.6 Å². The van der Waals surface area contributed by atoms with Crippen LogP contribution in [0.3, 0.4) is 0 Å². The van der Waals surface area contributed by atoms with Crippen molar-refractivity contribution < 1.29 is 4.79 Å². The summed E-state index contributed by atoms with van der Waals surface area (Å²) < 4.78 is 0. The second-order valence-electron chi connectivity index (χ2n) is 2.76. The van der Waals surface area contributed by atoms with Crippen LogP contribution in [0, 0.1) is 19.3 Å². The van der Waals surface area contributed by atoms with Gasteiger partial charge < -0.3 is 10.7 Å². The standard InChI is InChI=1S/C10H9ClN2O/c1-3-8(11)4-7-5-9(10(12)14)13-6(7)2/h1,4-5,13H,2H3,(H2,12,14)/b8-4+. The summed E-state index contributed by atoms with van der Waals surface area (Å²) in [6.07, 6.45) is 6.68. The molecular formula is C10H9ClN2O. The number of halogens is 1. The van der Waals surface area contributed by atoms with Gasteiger partial charge in [0.05, 0.1) is 5.03 Å². The minimum absolute atomic E-state index is 0.281. The zero-order valence-corrected chi connectivity index (χ0v) is 8.35. The molecule has 0 spiro atoms. The van der Waals surface area contributed by atoms with Crippen LogP contribution in [-0.2, 0) is 0 Å². The van der Waals surface area contributed by atoms with Gasteiger partial charge in [-0.3, -0.25) is 4.79 Å². The van der Waals surface area contributed by atoms with Crippen molar-refractivity contribution in [2.24, 2.45) is 5.73 Å². The Labute approximate surface area is 86.9 Å². The second kappa shape index (κ2) is 4.03. The van der Waals surface area contributed by atoms with Gasteiger partial charge in [0.15, 0.2) is 0 Å². The molecule has 0 saturated heterocycles. The Hall–Kier alpha value is -1.66. The monoisotopic (exact) mass is 208 g/mol. The number of terminal acetylenes is 1. The number of H-pyrrole nitrogens is 1. The topological polar surface area (TPSA) is 58.9 Å². The lowest BCUT2D eigenvalue weighted by Crippen LogP contribution is -2.10. The molecule has 0 saturated carbocycles. The number of aryl methyl sites for hydroxylation is 1. The summed E-state index contributed by atoms with van der Waals surface area (Å²) in [7, 11) is 0. The Bertz CT molecular complexity index is 437. The van der Waals surface area contributed by atoms with Crippen molar-refractivity contribution in [3.8, 4) is 12.3 Å². The Balaban J connectivity index is 3.13. The average molecular weight is 209 g/mol. The van der Waals surface area contributed by atoms with Crippen LogP contribution in [0.4, 0.5) is 0 Å². The third-order valence-corrected chi connectivity index (χ3v) is 1.96. The number of carbonyl (C=O) groups is 1. The number of primary amides is 1. The van der Waals surface area contributed by atoms with Crippen LogP contribution < -0.4 is 5.73 Å². The van der Waals surface area contributed by atoms with Gasteiger partial charge in [-0.1, -0.05) is 17.5 Å². The van der Waals surface area contributed by atoms with Crippen LogP contribution in [0.25, 0.3) is 6.08 Å². The average Bonchev–Trinajstić information content (AvgIpc) is 2.48. The van der Waals surface area contributed by atoms with Gasteiger partial charge in [0.1, 0.15) is 5.69 Å². The molecule has 14 heavy (non-hydrogen) atoms. The Morgan fingerprint density at radius 3 is 2.86 bits per heavy atom. The molecule has 0 unspecified atom stereocenters. The first kappa shape index (κ1) is 10.4. The van der Waals surface area contributed by atoms with E-state index in [1.54, 1.807) is 19.1 Å². The number of nitrogens with one attached hydrogen (secondary N) is 1. The molecule has 0 aliphatic rings. The Kier molecular flexibility index (Phi) is 3.00. The van der Waals surface area contributed by atoms with Gasteiger partial charge in [-0.2, -0.15) is 0 Å². The van der Waals surface area contributed by atoms with Crippen molar-refractivity contribution >= 4 is 23.6 Å². The van der Waals surface area contributed by atoms with E-state index in [9.17, 15) is 4.79 Å². The van der Waals surface area contributed by atoms with Gasteiger partial charge in [-0.25, -0.2) is 0 Å². The molecule has 4 heteroatoms. The largest absolute Gasteiger partial charge is 0.364 e. The molecule has 3 N–H and O–H groups in total. The molecule has 0 bridgehead atoms. The summed E-state index contributed by atoms with van der Waals surface area (Å²) in [6, 6.07) is 1.61. The number of carbonyl (C=O) groups excluding carboxylic acids is 1. The molecule has 1 rings (SSSR count). The molecule has 1 aromatic heterocycles. The molecule has 72 valence electrons. The molecule has 1 heterocycles. The smallest absolute Gasteiger partial charge is 0.265 e. The number of aromatic nitrogens is 1. The van der Waals surface area contributed by atoms with Crippen LogP contribution in [-0.4, -0.2) is 10.9 Å². The van der Waals surface area contributed by atoms with E-state index in [-0.39, 0.29) is 5.03 Å². The summed E-state index contributed by atoms with van der Waals surface area (Å²) in [5.41, 5.74) is 7.00. The number of hydrogen-bond acceptors (Lipinski definition) is 1. The highest BCUT2D eigenvalue weighted by Gasteiger charge is 2.06. The minimum Gasteiger partial charge on any atom is -0.364 e. The lowest BCUT2D eigenvalue weighted by atomic mass is 10.2. The molecule has 1 amide bonds. The highest BCUT2D eigenvalue weighted by molar-refractivity contribution is 6.34. The summed E-state index contributed by atoms with van der Waals surface area (Å²) in [4.78, 5) is 13.6. The Morgan fingerprint density at radius 2 is 2.43 bits per heavy atom. The van der Waals surface area contributed by atoms with Crippen molar-refractivity contribution in [1.29, 1.82) is 0 Å². The molecular weight excluding hydrogens is 200 g/mol. The summed E-state index contributed by atoms with van der Waals surface area (Å²) in [5.74, 6) is 1.77. The predicted molar refractivity (Wildman–Crippen MR) is 56.7 cm³/mol. The minimum atomic E-state index is -0.510. The van der Waals surface area contributed by atoms with Crippen molar-refractivity contribution in [2.45, 2.75) is 6.92 Å². The summed E-state index contributed by atoms with van der Waals surface area (Å²) in [5, 5.41) is 0.281. The van der Waals surface area contributed by atoms with Gasteiger partial charge in [0.2, 0.25) is 0 Å². The molecule has 0 atom stereocenters. The highest BCUT2D eigenvalue weighted by atomic mass is 35.5. The fourth-order valence-corrected chi connectivity index (χ4v) is 1.15. The van der Waals surface area contributed by atoms with E-state index in [4.69, 9.17) is 23.8 Å². The lowest BCUT2D eigenvalue weighted by molar-refractivity contribution is 0.0996. The maximum Gasteiger partial charge on any atom is 0.265 e.